The highest BCUT2D eigenvalue weighted by Crippen LogP contribution is 2.33. The fourth-order valence-corrected chi connectivity index (χ4v) is 1.79. The van der Waals surface area contributed by atoms with Crippen LogP contribution in [-0.4, -0.2) is 12.2 Å². The van der Waals surface area contributed by atoms with Gasteiger partial charge < -0.3 is 9.84 Å². The zero-order valence-corrected chi connectivity index (χ0v) is 10.2. The minimum Gasteiger partial charge on any atom is -0.496 e. The lowest BCUT2D eigenvalue weighted by molar-refractivity contribution is 0.165. The Bertz CT molecular complexity index is 404. The third-order valence-electron chi connectivity index (χ3n) is 2.29. The molecule has 1 N–H and O–H groups in total. The molecule has 1 unspecified atom stereocenters. The van der Waals surface area contributed by atoms with Gasteiger partial charge in [-0.2, -0.15) is 0 Å². The third-order valence-corrected chi connectivity index (χ3v) is 2.62. The van der Waals surface area contributed by atoms with E-state index in [1.165, 1.54) is 0 Å². The molecule has 16 heavy (non-hydrogen) atoms. The van der Waals surface area contributed by atoms with Gasteiger partial charge in [-0.15, -0.1) is 11.8 Å². The van der Waals surface area contributed by atoms with E-state index in [9.17, 15) is 5.11 Å². The number of aliphatic hydroxyl groups excluding tert-OH is 1. The molecule has 1 aromatic carbocycles. The largest absolute Gasteiger partial charge is 0.496 e. The van der Waals surface area contributed by atoms with Gasteiger partial charge in [0.25, 0.3) is 0 Å². The van der Waals surface area contributed by atoms with Crippen LogP contribution in [0.5, 0.6) is 5.75 Å². The molecule has 0 aliphatic heterocycles. The Hall–Kier alpha value is -1.17. The summed E-state index contributed by atoms with van der Waals surface area (Å²) in [7, 11) is 1.56. The lowest BCUT2D eigenvalue weighted by atomic mass is 10.0. The van der Waals surface area contributed by atoms with Crippen LogP contribution in [-0.2, 0) is 0 Å². The Balaban J connectivity index is 2.87. The van der Waals surface area contributed by atoms with Crippen molar-refractivity contribution in [1.82, 2.24) is 0 Å². The van der Waals surface area contributed by atoms with Crippen LogP contribution in [0.1, 0.15) is 31.4 Å². The summed E-state index contributed by atoms with van der Waals surface area (Å²) in [6.07, 6.45) is 0.567. The first-order valence-electron chi connectivity index (χ1n) is 5.10. The quantitative estimate of drug-likeness (QED) is 0.817. The summed E-state index contributed by atoms with van der Waals surface area (Å²) in [5, 5.41) is 10.5. The highest BCUT2D eigenvalue weighted by molar-refractivity contribution is 6.31. The lowest BCUT2D eigenvalue weighted by Crippen LogP contribution is -2.01. The SMILES string of the molecule is CC#CCCC(O)c1c(Cl)cccc1OC. The van der Waals surface area contributed by atoms with Gasteiger partial charge in [-0.1, -0.05) is 17.7 Å². The Morgan fingerprint density at radius 1 is 1.50 bits per heavy atom. The monoisotopic (exact) mass is 238 g/mol. The second kappa shape index (κ2) is 6.42. The van der Waals surface area contributed by atoms with Gasteiger partial charge >= 0.3 is 0 Å². The van der Waals surface area contributed by atoms with Gasteiger partial charge in [0.2, 0.25) is 0 Å². The van der Waals surface area contributed by atoms with Crippen LogP contribution >= 0.6 is 11.6 Å². The molecular weight excluding hydrogens is 224 g/mol. The van der Waals surface area contributed by atoms with Crippen molar-refractivity contribution in [2.24, 2.45) is 0 Å². The van der Waals surface area contributed by atoms with Gasteiger partial charge in [-0.05, 0) is 25.5 Å². The Morgan fingerprint density at radius 2 is 2.25 bits per heavy atom. The van der Waals surface area contributed by atoms with E-state index in [4.69, 9.17) is 16.3 Å². The molecule has 3 heteroatoms. The first-order chi connectivity index (χ1) is 7.70. The smallest absolute Gasteiger partial charge is 0.126 e. The van der Waals surface area contributed by atoms with Crippen molar-refractivity contribution in [2.45, 2.75) is 25.9 Å². The number of benzene rings is 1. The van der Waals surface area contributed by atoms with Gasteiger partial charge in [0.1, 0.15) is 5.75 Å². The maximum Gasteiger partial charge on any atom is 0.126 e. The molecule has 1 atom stereocenters. The van der Waals surface area contributed by atoms with Crippen molar-refractivity contribution in [3.8, 4) is 17.6 Å². The maximum atomic E-state index is 10.0. The van der Waals surface area contributed by atoms with E-state index in [0.29, 0.717) is 29.2 Å². The van der Waals surface area contributed by atoms with Gasteiger partial charge in [0, 0.05) is 12.0 Å². The predicted molar refractivity (Wildman–Crippen MR) is 65.6 cm³/mol. The van der Waals surface area contributed by atoms with Crippen LogP contribution in [0.3, 0.4) is 0 Å². The molecule has 0 heterocycles. The molecule has 86 valence electrons. The number of ether oxygens (including phenoxy) is 1. The van der Waals surface area contributed by atoms with Gasteiger partial charge in [0.15, 0.2) is 0 Å². The van der Waals surface area contributed by atoms with E-state index in [2.05, 4.69) is 11.8 Å². The molecule has 0 spiro atoms. The molecule has 1 rings (SSSR count). The van der Waals surface area contributed by atoms with Crippen LogP contribution in [0, 0.1) is 11.8 Å². The first-order valence-corrected chi connectivity index (χ1v) is 5.48. The number of halogens is 1. The number of hydrogen-bond acceptors (Lipinski definition) is 2. The average molecular weight is 239 g/mol. The van der Waals surface area contributed by atoms with Crippen molar-refractivity contribution < 1.29 is 9.84 Å². The predicted octanol–water partition coefficient (Wildman–Crippen LogP) is 3.19. The molecule has 0 saturated carbocycles. The minimum atomic E-state index is -0.635. The van der Waals surface area contributed by atoms with E-state index < -0.39 is 6.10 Å². The van der Waals surface area contributed by atoms with Crippen molar-refractivity contribution in [3.63, 3.8) is 0 Å². The topological polar surface area (TPSA) is 29.5 Å². The van der Waals surface area contributed by atoms with Crippen molar-refractivity contribution in [2.75, 3.05) is 7.11 Å². The van der Waals surface area contributed by atoms with Gasteiger partial charge in [-0.3, -0.25) is 0 Å². The maximum absolute atomic E-state index is 10.0. The Kier molecular flexibility index (Phi) is 5.18. The first kappa shape index (κ1) is 12.9. The molecule has 0 aliphatic carbocycles. The minimum absolute atomic E-state index is 0.524. The van der Waals surface area contributed by atoms with Crippen molar-refractivity contribution in [1.29, 1.82) is 0 Å². The van der Waals surface area contributed by atoms with Crippen molar-refractivity contribution in [3.05, 3.63) is 28.8 Å². The zero-order valence-electron chi connectivity index (χ0n) is 9.46. The van der Waals surface area contributed by atoms with E-state index in [-0.39, 0.29) is 0 Å². The van der Waals surface area contributed by atoms with Crippen LogP contribution in [0.25, 0.3) is 0 Å². The summed E-state index contributed by atoms with van der Waals surface area (Å²) >= 11 is 6.04. The van der Waals surface area contributed by atoms with Crippen LogP contribution < -0.4 is 4.74 Å². The van der Waals surface area contributed by atoms with E-state index in [0.717, 1.165) is 0 Å². The summed E-state index contributed by atoms with van der Waals surface area (Å²) in [6, 6.07) is 5.33. The van der Waals surface area contributed by atoms with Gasteiger partial charge in [-0.25, -0.2) is 0 Å². The molecular formula is C13H15ClO2. The second-order valence-electron chi connectivity index (χ2n) is 3.34. The van der Waals surface area contributed by atoms with E-state index in [1.807, 2.05) is 0 Å². The fraction of sp³-hybridized carbons (Fsp3) is 0.385. The van der Waals surface area contributed by atoms with Crippen LogP contribution in [0.4, 0.5) is 0 Å². The molecule has 0 aliphatic rings. The molecule has 0 saturated heterocycles. The number of methoxy groups -OCH3 is 1. The van der Waals surface area contributed by atoms with Crippen LogP contribution in [0.2, 0.25) is 5.02 Å². The summed E-state index contributed by atoms with van der Waals surface area (Å²) in [5.41, 5.74) is 0.643. The second-order valence-corrected chi connectivity index (χ2v) is 3.74. The summed E-state index contributed by atoms with van der Waals surface area (Å²) in [5.74, 6) is 6.32. The molecule has 0 bridgehead atoms. The van der Waals surface area contributed by atoms with E-state index >= 15 is 0 Å². The van der Waals surface area contributed by atoms with Crippen molar-refractivity contribution >= 4 is 11.6 Å². The zero-order chi connectivity index (χ0) is 12.0. The number of rotatable bonds is 4. The van der Waals surface area contributed by atoms with Gasteiger partial charge in [0.05, 0.1) is 18.2 Å². The lowest BCUT2D eigenvalue weighted by Gasteiger charge is -2.15. The fourth-order valence-electron chi connectivity index (χ4n) is 1.50. The standard InChI is InChI=1S/C13H15ClO2/c1-3-4-5-8-11(15)13-10(14)7-6-9-12(13)16-2/h6-7,9,11,15H,5,8H2,1-2H3. The summed E-state index contributed by atoms with van der Waals surface area (Å²) < 4.78 is 5.17. The molecule has 0 amide bonds. The third kappa shape index (κ3) is 3.16. The summed E-state index contributed by atoms with van der Waals surface area (Å²) in [6.45, 7) is 1.78. The number of aliphatic hydroxyl groups is 1. The normalized spacial score (nSPS) is 11.5. The molecule has 2 nitrogen and oxygen atoms in total. The molecule has 1 aromatic rings. The molecule has 0 aromatic heterocycles. The molecule has 0 fully saturated rings. The van der Waals surface area contributed by atoms with E-state index in [1.54, 1.807) is 32.2 Å². The Labute approximate surface area is 101 Å². The highest BCUT2D eigenvalue weighted by atomic mass is 35.5. The summed E-state index contributed by atoms with van der Waals surface area (Å²) in [4.78, 5) is 0. The Morgan fingerprint density at radius 3 is 2.88 bits per heavy atom. The molecule has 0 radical (unpaired) electrons. The highest BCUT2D eigenvalue weighted by Gasteiger charge is 2.16. The average Bonchev–Trinajstić information content (AvgIpc) is 2.28. The number of hydrogen-bond donors (Lipinski definition) is 1. The van der Waals surface area contributed by atoms with Crippen LogP contribution in [0.15, 0.2) is 18.2 Å².